The number of aliphatic hydroxyl groups is 2. The highest BCUT2D eigenvalue weighted by Crippen LogP contribution is 2.54. The lowest BCUT2D eigenvalue weighted by Crippen LogP contribution is -2.28. The van der Waals surface area contributed by atoms with Crippen molar-refractivity contribution in [1.82, 2.24) is 0 Å². The zero-order valence-corrected chi connectivity index (χ0v) is 21.2. The molecule has 0 radical (unpaired) electrons. The summed E-state index contributed by atoms with van der Waals surface area (Å²) in [5.41, 5.74) is 3.90. The van der Waals surface area contributed by atoms with Gasteiger partial charge in [-0.1, -0.05) is 67.5 Å². The second-order valence-electron chi connectivity index (χ2n) is 11.4. The SMILES string of the molecule is CC(C)(C)c1cc(/C(C=O)=C/O)c2c(c1)C(C)(C)c1cc(C(C)(C)C)cc(/C(C=O)=C\O)c1O2. The van der Waals surface area contributed by atoms with Crippen LogP contribution < -0.4 is 4.74 Å². The molecular formula is C29H34O5. The lowest BCUT2D eigenvalue weighted by Gasteiger charge is -2.39. The molecule has 0 aliphatic carbocycles. The van der Waals surface area contributed by atoms with E-state index in [1.165, 1.54) is 0 Å². The first-order chi connectivity index (χ1) is 15.7. The van der Waals surface area contributed by atoms with Crippen LogP contribution in [0.15, 0.2) is 36.8 Å². The van der Waals surface area contributed by atoms with Crippen LogP contribution in [0.3, 0.4) is 0 Å². The number of hydrogen-bond acceptors (Lipinski definition) is 5. The van der Waals surface area contributed by atoms with Crippen LogP contribution in [0.2, 0.25) is 0 Å². The molecule has 0 aromatic heterocycles. The van der Waals surface area contributed by atoms with Gasteiger partial charge in [-0.2, -0.15) is 0 Å². The van der Waals surface area contributed by atoms with Gasteiger partial charge in [0.05, 0.1) is 23.7 Å². The van der Waals surface area contributed by atoms with Gasteiger partial charge in [-0.05, 0) is 34.1 Å². The molecule has 0 unspecified atom stereocenters. The van der Waals surface area contributed by atoms with Crippen LogP contribution in [-0.2, 0) is 25.8 Å². The molecule has 1 heterocycles. The van der Waals surface area contributed by atoms with Crippen molar-refractivity contribution >= 4 is 23.7 Å². The molecule has 3 rings (SSSR count). The lowest BCUT2D eigenvalue weighted by molar-refractivity contribution is -0.104. The molecule has 0 amide bonds. The van der Waals surface area contributed by atoms with E-state index in [2.05, 4.69) is 67.5 Å². The van der Waals surface area contributed by atoms with Crippen LogP contribution >= 0.6 is 0 Å². The second-order valence-corrected chi connectivity index (χ2v) is 11.4. The molecule has 34 heavy (non-hydrogen) atoms. The number of carbonyl (C=O) groups is 2. The summed E-state index contributed by atoms with van der Waals surface area (Å²) in [6, 6.07) is 7.91. The van der Waals surface area contributed by atoms with Gasteiger partial charge in [0.1, 0.15) is 11.5 Å². The molecule has 2 N–H and O–H groups in total. The maximum Gasteiger partial charge on any atom is 0.153 e. The summed E-state index contributed by atoms with van der Waals surface area (Å²) in [6.07, 6.45) is 2.77. The van der Waals surface area contributed by atoms with E-state index in [-0.39, 0.29) is 22.0 Å². The number of ether oxygens (including phenoxy) is 1. The minimum Gasteiger partial charge on any atom is -0.515 e. The summed E-state index contributed by atoms with van der Waals surface area (Å²) in [5, 5.41) is 19.6. The molecule has 5 nitrogen and oxygen atoms in total. The molecule has 5 heteroatoms. The summed E-state index contributed by atoms with van der Waals surface area (Å²) in [4.78, 5) is 23.7. The highest BCUT2D eigenvalue weighted by atomic mass is 16.5. The normalized spacial score (nSPS) is 15.8. The molecule has 0 bridgehead atoms. The highest BCUT2D eigenvalue weighted by Gasteiger charge is 2.40. The van der Waals surface area contributed by atoms with Gasteiger partial charge in [0.25, 0.3) is 0 Å². The third-order valence-electron chi connectivity index (χ3n) is 6.61. The Balaban J connectivity index is 2.49. The number of hydrogen-bond donors (Lipinski definition) is 2. The number of carbonyl (C=O) groups excluding carboxylic acids is 2. The molecule has 0 saturated carbocycles. The predicted octanol–water partition coefficient (Wildman–Crippen LogP) is 6.91. The largest absolute Gasteiger partial charge is 0.515 e. The summed E-state index contributed by atoms with van der Waals surface area (Å²) in [7, 11) is 0. The van der Waals surface area contributed by atoms with Crippen molar-refractivity contribution in [3.8, 4) is 11.5 Å². The molecule has 180 valence electrons. The van der Waals surface area contributed by atoms with E-state index in [0.717, 1.165) is 34.8 Å². The van der Waals surface area contributed by atoms with Crippen molar-refractivity contribution in [3.05, 3.63) is 70.2 Å². The van der Waals surface area contributed by atoms with E-state index in [9.17, 15) is 19.8 Å². The van der Waals surface area contributed by atoms with Gasteiger partial charge in [-0.3, -0.25) is 9.59 Å². The standard InChI is InChI=1S/C29H34O5/c1-27(2,3)19-9-21(17(13-30)14-31)25-23(11-19)29(7,8)24-12-20(28(4,5)6)10-22(26(24)34-25)18(15-32)16-33/h9-16,30,32H,1-8H3/b17-13-,18-15+. The van der Waals surface area contributed by atoms with Crippen molar-refractivity contribution in [1.29, 1.82) is 0 Å². The smallest absolute Gasteiger partial charge is 0.153 e. The van der Waals surface area contributed by atoms with Crippen molar-refractivity contribution in [3.63, 3.8) is 0 Å². The number of aldehydes is 2. The molecule has 2 aromatic carbocycles. The Kier molecular flexibility index (Phi) is 6.29. The summed E-state index contributed by atoms with van der Waals surface area (Å²) in [5.74, 6) is 0.900. The van der Waals surface area contributed by atoms with Crippen LogP contribution in [0, 0.1) is 0 Å². The molecular weight excluding hydrogens is 428 g/mol. The summed E-state index contributed by atoms with van der Waals surface area (Å²) >= 11 is 0. The Bertz CT molecular complexity index is 1120. The van der Waals surface area contributed by atoms with Crippen molar-refractivity contribution in [2.24, 2.45) is 0 Å². The Morgan fingerprint density at radius 1 is 0.735 bits per heavy atom. The number of allylic oxidation sites excluding steroid dienone is 2. The summed E-state index contributed by atoms with van der Waals surface area (Å²) < 4.78 is 6.46. The van der Waals surface area contributed by atoms with Gasteiger partial charge in [-0.15, -0.1) is 0 Å². The average molecular weight is 463 g/mol. The molecule has 0 fully saturated rings. The first kappa shape index (κ1) is 25.3. The van der Waals surface area contributed by atoms with Crippen molar-refractivity contribution in [2.45, 2.75) is 71.6 Å². The molecule has 1 aliphatic rings. The van der Waals surface area contributed by atoms with Gasteiger partial charge in [0.2, 0.25) is 0 Å². The second kappa shape index (κ2) is 8.46. The maximum atomic E-state index is 11.8. The van der Waals surface area contributed by atoms with Crippen molar-refractivity contribution in [2.75, 3.05) is 0 Å². The third-order valence-corrected chi connectivity index (χ3v) is 6.61. The first-order valence-corrected chi connectivity index (χ1v) is 11.4. The topological polar surface area (TPSA) is 83.8 Å². The van der Waals surface area contributed by atoms with Crippen LogP contribution in [0.1, 0.15) is 88.8 Å². The first-order valence-electron chi connectivity index (χ1n) is 11.4. The van der Waals surface area contributed by atoms with Crippen LogP contribution in [0.5, 0.6) is 11.5 Å². The van der Waals surface area contributed by atoms with Gasteiger partial charge >= 0.3 is 0 Å². The minimum absolute atomic E-state index is 0.0998. The van der Waals surface area contributed by atoms with Gasteiger partial charge in [-0.25, -0.2) is 0 Å². The Morgan fingerprint density at radius 2 is 1.09 bits per heavy atom. The van der Waals surface area contributed by atoms with Crippen LogP contribution in [0.25, 0.3) is 11.1 Å². The number of benzene rings is 2. The Hall–Kier alpha value is -3.34. The van der Waals surface area contributed by atoms with E-state index in [1.54, 1.807) is 0 Å². The molecule has 0 spiro atoms. The fourth-order valence-electron chi connectivity index (χ4n) is 4.28. The fraction of sp³-hybridized carbons (Fsp3) is 0.379. The third kappa shape index (κ3) is 4.15. The van der Waals surface area contributed by atoms with Crippen LogP contribution in [0.4, 0.5) is 0 Å². The predicted molar refractivity (Wildman–Crippen MR) is 136 cm³/mol. The average Bonchev–Trinajstić information content (AvgIpc) is 2.74. The zero-order valence-electron chi connectivity index (χ0n) is 21.2. The van der Waals surface area contributed by atoms with Gasteiger partial charge in [0, 0.05) is 27.7 Å². The van der Waals surface area contributed by atoms with E-state index in [4.69, 9.17) is 4.74 Å². The Labute approximate surface area is 201 Å². The zero-order chi connectivity index (χ0) is 25.6. The molecule has 0 saturated heterocycles. The molecule has 1 aliphatic heterocycles. The minimum atomic E-state index is -0.568. The van der Waals surface area contributed by atoms with E-state index in [0.29, 0.717) is 35.2 Å². The van der Waals surface area contributed by atoms with Gasteiger partial charge in [0.15, 0.2) is 12.6 Å². The van der Waals surface area contributed by atoms with E-state index < -0.39 is 5.41 Å². The van der Waals surface area contributed by atoms with E-state index in [1.807, 2.05) is 12.1 Å². The fourth-order valence-corrected chi connectivity index (χ4v) is 4.28. The van der Waals surface area contributed by atoms with E-state index >= 15 is 0 Å². The van der Waals surface area contributed by atoms with Gasteiger partial charge < -0.3 is 14.9 Å². The Morgan fingerprint density at radius 3 is 1.35 bits per heavy atom. The molecule has 0 atom stereocenters. The lowest BCUT2D eigenvalue weighted by atomic mass is 9.70. The number of fused-ring (bicyclic) bond motifs is 2. The maximum absolute atomic E-state index is 11.8. The summed E-state index contributed by atoms with van der Waals surface area (Å²) in [6.45, 7) is 16.7. The highest BCUT2D eigenvalue weighted by molar-refractivity contribution is 6.09. The quantitative estimate of drug-likeness (QED) is 0.293. The molecule has 2 aromatic rings. The number of aliphatic hydroxyl groups excluding tert-OH is 2. The van der Waals surface area contributed by atoms with Crippen molar-refractivity contribution < 1.29 is 24.5 Å². The van der Waals surface area contributed by atoms with Crippen LogP contribution in [-0.4, -0.2) is 22.8 Å². The monoisotopic (exact) mass is 462 g/mol. The number of rotatable bonds is 4.